The highest BCUT2D eigenvalue weighted by atomic mass is 16.1. The Labute approximate surface area is 106 Å². The number of carbonyl (C=O) groups excluding carboxylic acids is 1. The van der Waals surface area contributed by atoms with Gasteiger partial charge in [0.15, 0.2) is 18.2 Å². The molecule has 0 aliphatic rings. The minimum absolute atomic E-state index is 0.00286. The van der Waals surface area contributed by atoms with Gasteiger partial charge < -0.3 is 5.32 Å². The van der Waals surface area contributed by atoms with Crippen molar-refractivity contribution in [1.82, 2.24) is 0 Å². The van der Waals surface area contributed by atoms with Gasteiger partial charge >= 0.3 is 0 Å². The molecule has 0 spiro atoms. The lowest BCUT2D eigenvalue weighted by Gasteiger charge is -2.04. The number of ketones is 1. The first-order chi connectivity index (χ1) is 8.75. The number of carbonyl (C=O) groups is 1. The molecule has 3 nitrogen and oxygen atoms in total. The van der Waals surface area contributed by atoms with Gasteiger partial charge in [0.2, 0.25) is 0 Å². The number of hydrogen-bond acceptors (Lipinski definition) is 2. The van der Waals surface area contributed by atoms with Gasteiger partial charge in [-0.25, -0.2) is 4.98 Å². The van der Waals surface area contributed by atoms with E-state index in [0.717, 1.165) is 11.4 Å². The zero-order valence-corrected chi connectivity index (χ0v) is 10.2. The van der Waals surface area contributed by atoms with E-state index in [2.05, 4.69) is 10.3 Å². The van der Waals surface area contributed by atoms with Gasteiger partial charge in [-0.05, 0) is 6.92 Å². The fourth-order valence-electron chi connectivity index (χ4n) is 1.62. The minimum Gasteiger partial charge on any atom is -0.359 e. The molecular weight excluding hydrogens is 224 g/mol. The number of pyridine rings is 1. The lowest BCUT2D eigenvalue weighted by Crippen LogP contribution is -2.03. The monoisotopic (exact) mass is 239 g/mol. The molecule has 90 valence electrons. The van der Waals surface area contributed by atoms with Crippen LogP contribution in [0.15, 0.2) is 66.6 Å². The highest BCUT2D eigenvalue weighted by molar-refractivity contribution is 6.05. The summed E-state index contributed by atoms with van der Waals surface area (Å²) < 4.78 is 0. The number of H-pyrrole nitrogens is 1. The molecule has 0 unspecified atom stereocenters. The number of hydrogen-bond donors (Lipinski definition) is 1. The van der Waals surface area contributed by atoms with E-state index in [0.29, 0.717) is 5.56 Å². The number of nitrogens with one attached hydrogen (secondary N) is 2. The molecule has 18 heavy (non-hydrogen) atoms. The Morgan fingerprint density at radius 2 is 1.78 bits per heavy atom. The molecule has 1 aromatic heterocycles. The Morgan fingerprint density at radius 1 is 1.11 bits per heavy atom. The lowest BCUT2D eigenvalue weighted by molar-refractivity contribution is -0.377. The zero-order valence-electron chi connectivity index (χ0n) is 10.2. The third-order valence-corrected chi connectivity index (χ3v) is 2.47. The fraction of sp³-hybridized carbons (Fsp3) is 0.0667. The quantitative estimate of drug-likeness (QED) is 0.658. The standard InChI is InChI=1S/C15H14N2O/c1-12(17-14-7-9-16-10-8-14)11-15(18)13-5-3-2-4-6-13/h2-11H,1H3,(H,16,17)/p+1/b12-11-. The molecule has 2 N–H and O–H groups in total. The maximum Gasteiger partial charge on any atom is 0.187 e. The molecule has 2 aromatic rings. The number of rotatable bonds is 4. The van der Waals surface area contributed by atoms with Crippen molar-refractivity contribution in [1.29, 1.82) is 0 Å². The summed E-state index contributed by atoms with van der Waals surface area (Å²) in [5, 5.41) is 3.16. The third-order valence-electron chi connectivity index (χ3n) is 2.47. The highest BCUT2D eigenvalue weighted by Gasteiger charge is 2.02. The molecule has 3 heteroatoms. The van der Waals surface area contributed by atoms with Crippen LogP contribution in [0.5, 0.6) is 0 Å². The van der Waals surface area contributed by atoms with Crippen LogP contribution in [0, 0.1) is 0 Å². The Morgan fingerprint density at radius 3 is 2.44 bits per heavy atom. The molecule has 1 heterocycles. The predicted octanol–water partition coefficient (Wildman–Crippen LogP) is 2.70. The first kappa shape index (κ1) is 12.0. The van der Waals surface area contributed by atoms with E-state index in [1.165, 1.54) is 0 Å². The van der Waals surface area contributed by atoms with E-state index in [1.54, 1.807) is 6.08 Å². The van der Waals surface area contributed by atoms with Crippen molar-refractivity contribution in [3.63, 3.8) is 0 Å². The average Bonchev–Trinajstić information content (AvgIpc) is 2.40. The van der Waals surface area contributed by atoms with Crippen LogP contribution in [-0.2, 0) is 0 Å². The van der Waals surface area contributed by atoms with Crippen molar-refractivity contribution < 1.29 is 9.78 Å². The topological polar surface area (TPSA) is 43.2 Å². The summed E-state index contributed by atoms with van der Waals surface area (Å²) in [4.78, 5) is 14.9. The maximum absolute atomic E-state index is 11.9. The molecule has 0 amide bonds. The van der Waals surface area contributed by atoms with Crippen molar-refractivity contribution in [2.45, 2.75) is 6.92 Å². The Hall–Kier alpha value is -2.42. The first-order valence-corrected chi connectivity index (χ1v) is 5.76. The minimum atomic E-state index is 0.00286. The number of allylic oxidation sites excluding steroid dienone is 2. The van der Waals surface area contributed by atoms with Crippen molar-refractivity contribution in [2.24, 2.45) is 0 Å². The summed E-state index contributed by atoms with van der Waals surface area (Å²) in [6.45, 7) is 1.87. The molecule has 0 fully saturated rings. The van der Waals surface area contributed by atoms with Crippen LogP contribution < -0.4 is 10.3 Å². The second-order valence-corrected chi connectivity index (χ2v) is 3.97. The predicted molar refractivity (Wildman–Crippen MR) is 71.1 cm³/mol. The normalized spacial score (nSPS) is 11.1. The largest absolute Gasteiger partial charge is 0.359 e. The van der Waals surface area contributed by atoms with Gasteiger partial charge in [-0.15, -0.1) is 0 Å². The number of aromatic amines is 1. The van der Waals surface area contributed by atoms with E-state index in [4.69, 9.17) is 0 Å². The smallest absolute Gasteiger partial charge is 0.187 e. The molecule has 0 aliphatic heterocycles. The van der Waals surface area contributed by atoms with E-state index < -0.39 is 0 Å². The van der Waals surface area contributed by atoms with Crippen LogP contribution in [0.4, 0.5) is 5.69 Å². The summed E-state index contributed by atoms with van der Waals surface area (Å²) in [5.74, 6) is 0.00286. The third kappa shape index (κ3) is 3.28. The second-order valence-electron chi connectivity index (χ2n) is 3.97. The summed E-state index contributed by atoms with van der Waals surface area (Å²) in [5.41, 5.74) is 2.46. The average molecular weight is 239 g/mol. The molecule has 0 aliphatic carbocycles. The van der Waals surface area contributed by atoms with Gasteiger partial charge in [-0.2, -0.15) is 0 Å². The SMILES string of the molecule is C/C(=C/C(=O)c1ccccc1)Nc1cc[nH+]cc1. The van der Waals surface area contributed by atoms with Crippen LogP contribution in [0.25, 0.3) is 0 Å². The van der Waals surface area contributed by atoms with Gasteiger partial charge in [-0.1, -0.05) is 30.3 Å². The summed E-state index contributed by atoms with van der Waals surface area (Å²) in [6.07, 6.45) is 5.26. The number of aromatic nitrogens is 1. The van der Waals surface area contributed by atoms with Gasteiger partial charge in [0.25, 0.3) is 0 Å². The van der Waals surface area contributed by atoms with E-state index in [1.807, 2.05) is 61.8 Å². The molecule has 2 rings (SSSR count). The van der Waals surface area contributed by atoms with Gasteiger partial charge in [0.1, 0.15) is 0 Å². The lowest BCUT2D eigenvalue weighted by atomic mass is 10.1. The summed E-state index contributed by atoms with van der Waals surface area (Å²) in [6, 6.07) is 13.0. The summed E-state index contributed by atoms with van der Waals surface area (Å²) >= 11 is 0. The summed E-state index contributed by atoms with van der Waals surface area (Å²) in [7, 11) is 0. The Bertz CT molecular complexity index is 547. The van der Waals surface area contributed by atoms with Crippen LogP contribution >= 0.6 is 0 Å². The molecule has 1 aromatic carbocycles. The first-order valence-electron chi connectivity index (χ1n) is 5.76. The Kier molecular flexibility index (Phi) is 3.86. The van der Waals surface area contributed by atoms with Crippen LogP contribution in [0.1, 0.15) is 17.3 Å². The van der Waals surface area contributed by atoms with Crippen molar-refractivity contribution >= 4 is 11.5 Å². The van der Waals surface area contributed by atoms with E-state index >= 15 is 0 Å². The van der Waals surface area contributed by atoms with Gasteiger partial charge in [0, 0.05) is 29.5 Å². The molecule has 0 atom stereocenters. The molecule has 0 saturated heterocycles. The van der Waals surface area contributed by atoms with Gasteiger partial charge in [0.05, 0.1) is 5.69 Å². The van der Waals surface area contributed by atoms with Crippen molar-refractivity contribution in [3.8, 4) is 0 Å². The second kappa shape index (κ2) is 5.77. The molecule has 0 saturated carbocycles. The van der Waals surface area contributed by atoms with E-state index in [-0.39, 0.29) is 5.78 Å². The van der Waals surface area contributed by atoms with Crippen LogP contribution in [0.2, 0.25) is 0 Å². The molecule has 0 bridgehead atoms. The number of benzene rings is 1. The van der Waals surface area contributed by atoms with Gasteiger partial charge in [-0.3, -0.25) is 4.79 Å². The van der Waals surface area contributed by atoms with E-state index in [9.17, 15) is 4.79 Å². The highest BCUT2D eigenvalue weighted by Crippen LogP contribution is 2.08. The van der Waals surface area contributed by atoms with Crippen molar-refractivity contribution in [3.05, 3.63) is 72.2 Å². The zero-order chi connectivity index (χ0) is 12.8. The maximum atomic E-state index is 11.9. The van der Waals surface area contributed by atoms with Crippen molar-refractivity contribution in [2.75, 3.05) is 5.32 Å². The van der Waals surface area contributed by atoms with Crippen LogP contribution in [-0.4, -0.2) is 5.78 Å². The number of anilines is 1. The Balaban J connectivity index is 2.07. The molecule has 0 radical (unpaired) electrons. The molecular formula is C15H15N2O+. The fourth-order valence-corrected chi connectivity index (χ4v) is 1.62. The van der Waals surface area contributed by atoms with Crippen LogP contribution in [0.3, 0.4) is 0 Å².